The van der Waals surface area contributed by atoms with Gasteiger partial charge in [0, 0.05) is 5.56 Å². The van der Waals surface area contributed by atoms with E-state index in [1.54, 1.807) is 13.0 Å². The molecule has 0 saturated carbocycles. The Hall–Kier alpha value is -1.97. The summed E-state index contributed by atoms with van der Waals surface area (Å²) in [5.74, 6) is -0.946. The van der Waals surface area contributed by atoms with Crippen LogP contribution in [0.25, 0.3) is 6.08 Å². The number of carbonyl (C=O) groups is 2. The standard InChI is InChI=1S/C13H13FO3/c1-2-17-12(16)8-4-6-10-5-3-7-11(9-15)13(10)14/h3-7,9H,2,8H2,1H3. The van der Waals surface area contributed by atoms with E-state index >= 15 is 0 Å². The highest BCUT2D eigenvalue weighted by Gasteiger charge is 2.04. The van der Waals surface area contributed by atoms with Gasteiger partial charge in [-0.15, -0.1) is 0 Å². The van der Waals surface area contributed by atoms with E-state index in [2.05, 4.69) is 0 Å². The van der Waals surface area contributed by atoms with Crippen molar-refractivity contribution in [2.24, 2.45) is 0 Å². The van der Waals surface area contributed by atoms with Crippen molar-refractivity contribution in [3.63, 3.8) is 0 Å². The van der Waals surface area contributed by atoms with Gasteiger partial charge in [-0.1, -0.05) is 24.3 Å². The molecule has 0 fully saturated rings. The van der Waals surface area contributed by atoms with Crippen molar-refractivity contribution in [2.45, 2.75) is 13.3 Å². The molecule has 0 spiro atoms. The fourth-order valence-electron chi connectivity index (χ4n) is 1.29. The minimum atomic E-state index is -0.581. The molecule has 0 unspecified atom stereocenters. The Balaban J connectivity index is 2.71. The van der Waals surface area contributed by atoms with E-state index in [-0.39, 0.29) is 23.5 Å². The summed E-state index contributed by atoms with van der Waals surface area (Å²) in [6, 6.07) is 4.51. The van der Waals surface area contributed by atoms with Crippen LogP contribution in [0.15, 0.2) is 24.3 Å². The number of hydrogen-bond donors (Lipinski definition) is 0. The number of esters is 1. The normalized spacial score (nSPS) is 10.5. The van der Waals surface area contributed by atoms with Crippen LogP contribution >= 0.6 is 0 Å². The highest BCUT2D eigenvalue weighted by Crippen LogP contribution is 2.13. The fraction of sp³-hybridized carbons (Fsp3) is 0.231. The number of carbonyl (C=O) groups excluding carboxylic acids is 2. The number of halogens is 1. The molecule has 0 saturated heterocycles. The predicted molar refractivity (Wildman–Crippen MR) is 62.1 cm³/mol. The molecule has 0 N–H and O–H groups in total. The van der Waals surface area contributed by atoms with Crippen LogP contribution in [0.3, 0.4) is 0 Å². The van der Waals surface area contributed by atoms with Crippen LogP contribution in [-0.4, -0.2) is 18.9 Å². The molecular formula is C13H13FO3. The Kier molecular flexibility index (Phi) is 5.07. The average Bonchev–Trinajstić information content (AvgIpc) is 2.32. The first kappa shape index (κ1) is 13.1. The molecular weight excluding hydrogens is 223 g/mol. The van der Waals surface area contributed by atoms with E-state index in [0.717, 1.165) is 0 Å². The Morgan fingerprint density at radius 2 is 2.12 bits per heavy atom. The average molecular weight is 236 g/mol. The van der Waals surface area contributed by atoms with Gasteiger partial charge >= 0.3 is 5.97 Å². The third-order valence-electron chi connectivity index (χ3n) is 2.07. The lowest BCUT2D eigenvalue weighted by atomic mass is 10.1. The van der Waals surface area contributed by atoms with Crippen LogP contribution in [0.1, 0.15) is 29.3 Å². The summed E-state index contributed by atoms with van der Waals surface area (Å²) in [7, 11) is 0. The maximum absolute atomic E-state index is 13.5. The zero-order valence-electron chi connectivity index (χ0n) is 9.48. The molecule has 0 aliphatic heterocycles. The summed E-state index contributed by atoms with van der Waals surface area (Å²) < 4.78 is 18.3. The molecule has 0 radical (unpaired) electrons. The van der Waals surface area contributed by atoms with Gasteiger partial charge in [-0.2, -0.15) is 0 Å². The van der Waals surface area contributed by atoms with Crippen molar-refractivity contribution in [1.82, 2.24) is 0 Å². The van der Waals surface area contributed by atoms with Gasteiger partial charge in [-0.05, 0) is 13.0 Å². The Morgan fingerprint density at radius 3 is 2.76 bits per heavy atom. The molecule has 3 nitrogen and oxygen atoms in total. The van der Waals surface area contributed by atoms with Gasteiger partial charge in [-0.25, -0.2) is 4.39 Å². The van der Waals surface area contributed by atoms with E-state index in [9.17, 15) is 14.0 Å². The van der Waals surface area contributed by atoms with E-state index in [1.165, 1.54) is 24.3 Å². The second-order valence-electron chi connectivity index (χ2n) is 3.28. The zero-order chi connectivity index (χ0) is 12.7. The van der Waals surface area contributed by atoms with Crippen molar-refractivity contribution in [1.29, 1.82) is 0 Å². The van der Waals surface area contributed by atoms with Gasteiger partial charge < -0.3 is 4.74 Å². The molecule has 1 aromatic rings. The minimum Gasteiger partial charge on any atom is -0.466 e. The number of rotatable bonds is 5. The predicted octanol–water partition coefficient (Wildman–Crippen LogP) is 2.60. The molecule has 0 heterocycles. The van der Waals surface area contributed by atoms with Gasteiger partial charge in [0.15, 0.2) is 6.29 Å². The molecule has 0 bridgehead atoms. The zero-order valence-corrected chi connectivity index (χ0v) is 9.48. The third-order valence-corrected chi connectivity index (χ3v) is 2.07. The minimum absolute atomic E-state index is 0.00304. The van der Waals surface area contributed by atoms with Gasteiger partial charge in [-0.3, -0.25) is 9.59 Å². The molecule has 1 aromatic carbocycles. The third kappa shape index (κ3) is 3.83. The monoisotopic (exact) mass is 236 g/mol. The van der Waals surface area contributed by atoms with Crippen LogP contribution < -0.4 is 0 Å². The van der Waals surface area contributed by atoms with Crippen LogP contribution in [0.4, 0.5) is 4.39 Å². The lowest BCUT2D eigenvalue weighted by Crippen LogP contribution is -2.01. The summed E-state index contributed by atoms with van der Waals surface area (Å²) in [5, 5.41) is 0. The number of benzene rings is 1. The van der Waals surface area contributed by atoms with Crippen molar-refractivity contribution >= 4 is 18.3 Å². The maximum atomic E-state index is 13.5. The highest BCUT2D eigenvalue weighted by molar-refractivity contribution is 5.77. The van der Waals surface area contributed by atoms with Crippen LogP contribution in [0.2, 0.25) is 0 Å². The van der Waals surface area contributed by atoms with Crippen LogP contribution in [-0.2, 0) is 9.53 Å². The molecule has 1 rings (SSSR count). The van der Waals surface area contributed by atoms with E-state index in [0.29, 0.717) is 12.9 Å². The largest absolute Gasteiger partial charge is 0.466 e. The van der Waals surface area contributed by atoms with Crippen molar-refractivity contribution < 1.29 is 18.7 Å². The fourth-order valence-corrected chi connectivity index (χ4v) is 1.29. The summed E-state index contributed by atoms with van der Waals surface area (Å²) >= 11 is 0. The molecule has 0 amide bonds. The van der Waals surface area contributed by atoms with Crippen LogP contribution in [0, 0.1) is 5.82 Å². The Bertz CT molecular complexity index is 438. The Morgan fingerprint density at radius 1 is 1.41 bits per heavy atom. The maximum Gasteiger partial charge on any atom is 0.309 e. The number of hydrogen-bond acceptors (Lipinski definition) is 3. The Labute approximate surface area is 98.9 Å². The van der Waals surface area contributed by atoms with Crippen LogP contribution in [0.5, 0.6) is 0 Å². The summed E-state index contributed by atoms with van der Waals surface area (Å²) in [5.41, 5.74) is 0.280. The number of aldehydes is 1. The second-order valence-corrected chi connectivity index (χ2v) is 3.28. The van der Waals surface area contributed by atoms with Gasteiger partial charge in [0.1, 0.15) is 5.82 Å². The quantitative estimate of drug-likeness (QED) is 0.583. The van der Waals surface area contributed by atoms with Crippen molar-refractivity contribution in [3.8, 4) is 0 Å². The lowest BCUT2D eigenvalue weighted by molar-refractivity contribution is -0.142. The second kappa shape index (κ2) is 6.58. The van der Waals surface area contributed by atoms with Gasteiger partial charge in [0.2, 0.25) is 0 Å². The summed E-state index contributed by atoms with van der Waals surface area (Å²) in [6.45, 7) is 2.04. The molecule has 4 heteroatoms. The van der Waals surface area contributed by atoms with E-state index < -0.39 is 5.82 Å². The highest BCUT2D eigenvalue weighted by atomic mass is 19.1. The first-order valence-corrected chi connectivity index (χ1v) is 5.25. The van der Waals surface area contributed by atoms with Crippen molar-refractivity contribution in [2.75, 3.05) is 6.61 Å². The lowest BCUT2D eigenvalue weighted by Gasteiger charge is -1.99. The molecule has 90 valence electrons. The first-order valence-electron chi connectivity index (χ1n) is 5.25. The first-order chi connectivity index (χ1) is 8.19. The summed E-state index contributed by atoms with van der Waals surface area (Å²) in [4.78, 5) is 21.5. The molecule has 0 aliphatic carbocycles. The van der Waals surface area contributed by atoms with E-state index in [1.807, 2.05) is 0 Å². The molecule has 0 aliphatic rings. The van der Waals surface area contributed by atoms with E-state index in [4.69, 9.17) is 4.74 Å². The smallest absolute Gasteiger partial charge is 0.309 e. The summed E-state index contributed by atoms with van der Waals surface area (Å²) in [6.07, 6.45) is 3.50. The topological polar surface area (TPSA) is 43.4 Å². The molecule has 17 heavy (non-hydrogen) atoms. The van der Waals surface area contributed by atoms with Gasteiger partial charge in [0.25, 0.3) is 0 Å². The number of ether oxygens (including phenoxy) is 1. The SMILES string of the molecule is CCOC(=O)CC=Cc1cccc(C=O)c1F. The molecule has 0 aromatic heterocycles. The van der Waals surface area contributed by atoms with Gasteiger partial charge in [0.05, 0.1) is 18.6 Å². The molecule has 0 atom stereocenters. The van der Waals surface area contributed by atoms with Crippen molar-refractivity contribution in [3.05, 3.63) is 41.2 Å².